The Morgan fingerprint density at radius 3 is 2.81 bits per heavy atom. The molecule has 9 nitrogen and oxygen atoms in total. The van der Waals surface area contributed by atoms with Gasteiger partial charge in [0.1, 0.15) is 10.7 Å². The topological polar surface area (TPSA) is 127 Å². The summed E-state index contributed by atoms with van der Waals surface area (Å²) in [7, 11) is -3.89. The molecule has 112 valence electrons. The highest BCUT2D eigenvalue weighted by Crippen LogP contribution is 2.07. The highest BCUT2D eigenvalue weighted by atomic mass is 32.2. The van der Waals surface area contributed by atoms with Crippen LogP contribution in [-0.4, -0.2) is 46.0 Å². The van der Waals surface area contributed by atoms with E-state index in [2.05, 4.69) is 20.0 Å². The van der Waals surface area contributed by atoms with Gasteiger partial charge in [-0.15, -0.1) is 5.10 Å². The smallest absolute Gasteiger partial charge is 0.358 e. The summed E-state index contributed by atoms with van der Waals surface area (Å²) in [5, 5.41) is 15.6. The molecule has 2 N–H and O–H groups in total. The van der Waals surface area contributed by atoms with Gasteiger partial charge in [-0.3, -0.25) is 9.67 Å². The minimum Gasteiger partial charge on any atom is -0.476 e. The van der Waals surface area contributed by atoms with Crippen LogP contribution in [0, 0.1) is 5.82 Å². The zero-order valence-corrected chi connectivity index (χ0v) is 11.3. The Bertz CT molecular complexity index is 760. The predicted molar refractivity (Wildman–Crippen MR) is 66.4 cm³/mol. The molecule has 11 heteroatoms. The summed E-state index contributed by atoms with van der Waals surface area (Å²) in [5.41, 5.74) is -0.243. The van der Waals surface area contributed by atoms with E-state index in [-0.39, 0.29) is 23.7 Å². The second-order valence-corrected chi connectivity index (χ2v) is 5.68. The normalized spacial score (nSPS) is 11.5. The average Bonchev–Trinajstić information content (AvgIpc) is 2.87. The Morgan fingerprint density at radius 2 is 2.19 bits per heavy atom. The van der Waals surface area contributed by atoms with Crippen LogP contribution >= 0.6 is 0 Å². The fourth-order valence-corrected chi connectivity index (χ4v) is 2.42. The summed E-state index contributed by atoms with van der Waals surface area (Å²) in [5.74, 6) is -1.99. The Morgan fingerprint density at radius 1 is 1.43 bits per heavy atom. The molecule has 2 rings (SSSR count). The largest absolute Gasteiger partial charge is 0.476 e. The molecule has 0 aliphatic rings. The maximum Gasteiger partial charge on any atom is 0.358 e. The molecule has 0 aliphatic carbocycles. The van der Waals surface area contributed by atoms with Crippen molar-refractivity contribution in [3.05, 3.63) is 36.2 Å². The number of halogens is 1. The Kier molecular flexibility index (Phi) is 4.23. The van der Waals surface area contributed by atoms with Gasteiger partial charge in [0, 0.05) is 12.7 Å². The summed E-state index contributed by atoms with van der Waals surface area (Å²) >= 11 is 0. The first-order valence-electron chi connectivity index (χ1n) is 5.62. The van der Waals surface area contributed by atoms with Crippen molar-refractivity contribution in [1.82, 2.24) is 24.7 Å². The van der Waals surface area contributed by atoms with E-state index < -0.39 is 21.8 Å². The fourth-order valence-electron chi connectivity index (χ4n) is 1.42. The standard InChI is InChI=1S/C10H10FN5O4S/c11-7-3-8(5-12-4-7)21(19,20)13-1-2-16-6-9(10(17)18)14-15-16/h3-6,13H,1-2H2,(H,17,18). The summed E-state index contributed by atoms with van der Waals surface area (Å²) in [6, 6.07) is 0.841. The molecule has 0 radical (unpaired) electrons. The second-order valence-electron chi connectivity index (χ2n) is 3.91. The first-order valence-corrected chi connectivity index (χ1v) is 7.10. The molecule has 0 amide bonds. The zero-order chi connectivity index (χ0) is 15.5. The van der Waals surface area contributed by atoms with Crippen LogP contribution in [0.25, 0.3) is 0 Å². The molecule has 0 bridgehead atoms. The third-order valence-corrected chi connectivity index (χ3v) is 3.81. The number of pyridine rings is 1. The summed E-state index contributed by atoms with van der Waals surface area (Å²) < 4.78 is 40.0. The number of hydrogen-bond donors (Lipinski definition) is 2. The van der Waals surface area contributed by atoms with E-state index in [9.17, 15) is 17.6 Å². The van der Waals surface area contributed by atoms with Gasteiger partial charge in [0.05, 0.1) is 18.9 Å². The number of nitrogens with one attached hydrogen (secondary N) is 1. The van der Waals surface area contributed by atoms with E-state index in [1.54, 1.807) is 0 Å². The van der Waals surface area contributed by atoms with E-state index in [1.807, 2.05) is 0 Å². The average molecular weight is 315 g/mol. The minimum atomic E-state index is -3.89. The molecule has 21 heavy (non-hydrogen) atoms. The molecule has 0 aromatic carbocycles. The molecule has 0 saturated heterocycles. The highest BCUT2D eigenvalue weighted by molar-refractivity contribution is 7.89. The van der Waals surface area contributed by atoms with Gasteiger partial charge >= 0.3 is 5.97 Å². The number of hydrogen-bond acceptors (Lipinski definition) is 6. The van der Waals surface area contributed by atoms with E-state index in [1.165, 1.54) is 10.9 Å². The number of carboxylic acids is 1. The van der Waals surface area contributed by atoms with Crippen molar-refractivity contribution in [3.8, 4) is 0 Å². The SMILES string of the molecule is O=C(O)c1cn(CCNS(=O)(=O)c2cncc(F)c2)nn1. The molecule has 2 aromatic heterocycles. The van der Waals surface area contributed by atoms with Crippen LogP contribution in [0.5, 0.6) is 0 Å². The van der Waals surface area contributed by atoms with Gasteiger partial charge < -0.3 is 5.11 Å². The van der Waals surface area contributed by atoms with Gasteiger partial charge in [0.25, 0.3) is 0 Å². The third kappa shape index (κ3) is 3.79. The lowest BCUT2D eigenvalue weighted by molar-refractivity contribution is 0.0690. The number of nitrogens with zero attached hydrogens (tertiary/aromatic N) is 4. The van der Waals surface area contributed by atoms with Crippen LogP contribution in [0.2, 0.25) is 0 Å². The number of aromatic carboxylic acids is 1. The summed E-state index contributed by atoms with van der Waals surface area (Å²) in [6.45, 7) is 0.00349. The first kappa shape index (κ1) is 15.0. The van der Waals surface area contributed by atoms with Gasteiger partial charge in [-0.2, -0.15) is 0 Å². The number of rotatable bonds is 6. The van der Waals surface area contributed by atoms with Gasteiger partial charge in [-0.05, 0) is 6.07 Å². The summed E-state index contributed by atoms with van der Waals surface area (Å²) in [4.78, 5) is 13.7. The highest BCUT2D eigenvalue weighted by Gasteiger charge is 2.15. The molecule has 2 heterocycles. The quantitative estimate of drug-likeness (QED) is 0.734. The lowest BCUT2D eigenvalue weighted by atomic mass is 10.5. The van der Waals surface area contributed by atoms with Crippen LogP contribution in [0.1, 0.15) is 10.5 Å². The third-order valence-electron chi connectivity index (χ3n) is 2.38. The number of sulfonamides is 1. The van der Waals surface area contributed by atoms with Crippen molar-refractivity contribution in [1.29, 1.82) is 0 Å². The van der Waals surface area contributed by atoms with Crippen LogP contribution in [0.4, 0.5) is 4.39 Å². The predicted octanol–water partition coefficient (Wildman–Crippen LogP) is -0.511. The summed E-state index contributed by atoms with van der Waals surface area (Å²) in [6.07, 6.45) is 3.08. The van der Waals surface area contributed by atoms with E-state index in [0.717, 1.165) is 18.5 Å². The van der Waals surface area contributed by atoms with Gasteiger partial charge in [-0.25, -0.2) is 22.3 Å². The monoisotopic (exact) mass is 315 g/mol. The fraction of sp³-hybridized carbons (Fsp3) is 0.200. The minimum absolute atomic E-state index is 0.0682. The molecule has 0 atom stereocenters. The van der Waals surface area contributed by atoms with Crippen molar-refractivity contribution < 1.29 is 22.7 Å². The van der Waals surface area contributed by atoms with Crippen molar-refractivity contribution in [3.63, 3.8) is 0 Å². The molecule has 0 aliphatic heterocycles. The number of carboxylic acid groups (broad SMARTS) is 1. The molecular weight excluding hydrogens is 305 g/mol. The second kappa shape index (κ2) is 5.93. The molecule has 0 spiro atoms. The zero-order valence-electron chi connectivity index (χ0n) is 10.5. The Balaban J connectivity index is 1.97. The molecule has 0 unspecified atom stereocenters. The van der Waals surface area contributed by atoms with Gasteiger partial charge in [-0.1, -0.05) is 5.21 Å². The van der Waals surface area contributed by atoms with E-state index >= 15 is 0 Å². The van der Waals surface area contributed by atoms with Crippen LogP contribution in [0.3, 0.4) is 0 Å². The number of carbonyl (C=O) groups is 1. The van der Waals surface area contributed by atoms with Gasteiger partial charge in [0.15, 0.2) is 5.69 Å². The van der Waals surface area contributed by atoms with Crippen LogP contribution < -0.4 is 4.72 Å². The lowest BCUT2D eigenvalue weighted by Crippen LogP contribution is -2.27. The molecule has 0 saturated carbocycles. The van der Waals surface area contributed by atoms with Crippen LogP contribution in [0.15, 0.2) is 29.6 Å². The maximum absolute atomic E-state index is 12.9. The van der Waals surface area contributed by atoms with E-state index in [4.69, 9.17) is 5.11 Å². The van der Waals surface area contributed by atoms with Crippen molar-refractivity contribution >= 4 is 16.0 Å². The number of aromatic nitrogens is 4. The first-order chi connectivity index (χ1) is 9.88. The Labute approximate surface area is 118 Å². The van der Waals surface area contributed by atoms with Crippen molar-refractivity contribution in [2.24, 2.45) is 0 Å². The molecule has 2 aromatic rings. The van der Waals surface area contributed by atoms with Crippen molar-refractivity contribution in [2.75, 3.05) is 6.54 Å². The van der Waals surface area contributed by atoms with Crippen LogP contribution in [-0.2, 0) is 16.6 Å². The van der Waals surface area contributed by atoms with Crippen molar-refractivity contribution in [2.45, 2.75) is 11.4 Å². The van der Waals surface area contributed by atoms with E-state index in [0.29, 0.717) is 0 Å². The molecular formula is C10H10FN5O4S. The Hall–Kier alpha value is -2.40. The maximum atomic E-state index is 12.9. The lowest BCUT2D eigenvalue weighted by Gasteiger charge is -2.06. The molecule has 0 fully saturated rings. The van der Waals surface area contributed by atoms with Gasteiger partial charge in [0.2, 0.25) is 10.0 Å².